The average Bonchev–Trinajstić information content (AvgIpc) is 2.99. The molecule has 2 aromatic carbocycles. The molecular formula is C20H15BrFN5O2. The predicted octanol–water partition coefficient (Wildman–Crippen LogP) is 3.27. The third-order valence-electron chi connectivity index (χ3n) is 4.51. The summed E-state index contributed by atoms with van der Waals surface area (Å²) < 4.78 is 17.0. The highest BCUT2D eigenvalue weighted by molar-refractivity contribution is 9.10. The highest BCUT2D eigenvalue weighted by Crippen LogP contribution is 2.24. The van der Waals surface area contributed by atoms with Crippen molar-refractivity contribution in [3.05, 3.63) is 75.0 Å². The van der Waals surface area contributed by atoms with Gasteiger partial charge in [0.15, 0.2) is 17.2 Å². The van der Waals surface area contributed by atoms with Gasteiger partial charge in [-0.1, -0.05) is 28.1 Å². The number of carbonyl (C=O) groups excluding carboxylic acids is 1. The molecule has 0 bridgehead atoms. The van der Waals surface area contributed by atoms with E-state index in [0.717, 1.165) is 4.47 Å². The number of imidazole rings is 1. The molecule has 2 heterocycles. The van der Waals surface area contributed by atoms with Crippen molar-refractivity contribution >= 4 is 33.0 Å². The number of fused-ring (bicyclic) bond motifs is 1. The normalized spacial score (nSPS) is 11.1. The van der Waals surface area contributed by atoms with Gasteiger partial charge in [-0.3, -0.25) is 9.36 Å². The van der Waals surface area contributed by atoms with Gasteiger partial charge in [-0.15, -0.1) is 0 Å². The molecule has 146 valence electrons. The summed E-state index contributed by atoms with van der Waals surface area (Å²) in [6, 6.07) is 12.7. The lowest BCUT2D eigenvalue weighted by Crippen LogP contribution is -2.23. The number of aromatic nitrogens is 4. The van der Waals surface area contributed by atoms with Crippen LogP contribution in [0.15, 0.2) is 57.8 Å². The molecule has 0 aliphatic heterocycles. The number of halogens is 2. The van der Waals surface area contributed by atoms with Gasteiger partial charge >= 0.3 is 5.69 Å². The molecule has 1 amide bonds. The fourth-order valence-corrected chi connectivity index (χ4v) is 3.43. The van der Waals surface area contributed by atoms with Gasteiger partial charge in [0.1, 0.15) is 11.3 Å². The molecule has 0 atom stereocenters. The average molecular weight is 456 g/mol. The Balaban J connectivity index is 2.11. The predicted molar refractivity (Wildman–Crippen MR) is 110 cm³/mol. The molecule has 0 saturated carbocycles. The van der Waals surface area contributed by atoms with Crippen LogP contribution in [0.5, 0.6) is 0 Å². The topological polar surface area (TPSA) is 95.8 Å². The molecule has 0 saturated heterocycles. The molecule has 0 unspecified atom stereocenters. The first-order valence-corrected chi connectivity index (χ1v) is 9.55. The number of hydrogen-bond donors (Lipinski definition) is 1. The molecule has 4 aromatic rings. The van der Waals surface area contributed by atoms with E-state index in [1.54, 1.807) is 19.1 Å². The van der Waals surface area contributed by atoms with Crippen LogP contribution < -0.4 is 11.4 Å². The summed E-state index contributed by atoms with van der Waals surface area (Å²) in [5, 5.41) is 0. The lowest BCUT2D eigenvalue weighted by Gasteiger charge is -2.07. The fraction of sp³-hybridized carbons (Fsp3) is 0.100. The summed E-state index contributed by atoms with van der Waals surface area (Å²) in [7, 11) is 0. The highest BCUT2D eigenvalue weighted by Gasteiger charge is 2.23. The highest BCUT2D eigenvalue weighted by atomic mass is 79.9. The van der Waals surface area contributed by atoms with Crippen molar-refractivity contribution in [1.82, 2.24) is 19.1 Å². The Bertz CT molecular complexity index is 1290. The number of amides is 1. The minimum Gasteiger partial charge on any atom is -0.364 e. The zero-order valence-corrected chi connectivity index (χ0v) is 16.9. The van der Waals surface area contributed by atoms with Crippen molar-refractivity contribution in [2.75, 3.05) is 0 Å². The van der Waals surface area contributed by atoms with E-state index in [1.807, 2.05) is 12.1 Å². The van der Waals surface area contributed by atoms with E-state index >= 15 is 0 Å². The molecule has 0 spiro atoms. The zero-order valence-electron chi connectivity index (χ0n) is 15.3. The maximum absolute atomic E-state index is 13.4. The van der Waals surface area contributed by atoms with Crippen LogP contribution in [0, 0.1) is 5.82 Å². The standard InChI is InChI=1S/C20H15BrFN5O2/c1-2-26-16-15(17(23)28)24-18(11-3-5-12(21)6-4-11)25-19(16)27(20(26)29)14-9-7-13(22)8-10-14/h3-10H,2H2,1H3,(H2,23,28). The van der Waals surface area contributed by atoms with Crippen LogP contribution in [-0.4, -0.2) is 25.0 Å². The van der Waals surface area contributed by atoms with Crippen LogP contribution in [0.4, 0.5) is 4.39 Å². The molecule has 9 heteroatoms. The van der Waals surface area contributed by atoms with E-state index in [2.05, 4.69) is 25.9 Å². The van der Waals surface area contributed by atoms with Crippen LogP contribution in [0.25, 0.3) is 28.2 Å². The molecule has 2 aromatic heterocycles. The number of nitrogens with zero attached hydrogens (tertiary/aromatic N) is 4. The molecule has 0 fully saturated rings. The van der Waals surface area contributed by atoms with Gasteiger partial charge < -0.3 is 5.73 Å². The molecule has 7 nitrogen and oxygen atoms in total. The first-order valence-electron chi connectivity index (χ1n) is 8.75. The minimum atomic E-state index is -0.769. The van der Waals surface area contributed by atoms with E-state index in [4.69, 9.17) is 5.73 Å². The molecule has 2 N–H and O–H groups in total. The molecule has 0 aliphatic carbocycles. The third-order valence-corrected chi connectivity index (χ3v) is 5.04. The van der Waals surface area contributed by atoms with Crippen molar-refractivity contribution < 1.29 is 9.18 Å². The summed E-state index contributed by atoms with van der Waals surface area (Å²) in [6.45, 7) is 2.05. The van der Waals surface area contributed by atoms with Crippen molar-refractivity contribution in [1.29, 1.82) is 0 Å². The smallest absolute Gasteiger partial charge is 0.335 e. The molecule has 0 radical (unpaired) electrons. The monoisotopic (exact) mass is 455 g/mol. The van der Waals surface area contributed by atoms with Crippen LogP contribution >= 0.6 is 15.9 Å². The van der Waals surface area contributed by atoms with Crippen LogP contribution in [-0.2, 0) is 6.54 Å². The number of hydrogen-bond acceptors (Lipinski definition) is 4. The van der Waals surface area contributed by atoms with Gasteiger partial charge in [0, 0.05) is 16.6 Å². The minimum absolute atomic E-state index is 0.0484. The third kappa shape index (κ3) is 3.23. The second-order valence-electron chi connectivity index (χ2n) is 6.28. The van der Waals surface area contributed by atoms with Gasteiger partial charge in [-0.05, 0) is 43.3 Å². The molecule has 29 heavy (non-hydrogen) atoms. The fourth-order valence-electron chi connectivity index (χ4n) is 3.17. The second-order valence-corrected chi connectivity index (χ2v) is 7.19. The molecule has 0 aliphatic rings. The number of benzene rings is 2. The Kier molecular flexibility index (Phi) is 4.75. The summed E-state index contributed by atoms with van der Waals surface area (Å²) in [5.74, 6) is -0.943. The van der Waals surface area contributed by atoms with Crippen LogP contribution in [0.3, 0.4) is 0 Å². The van der Waals surface area contributed by atoms with Crippen molar-refractivity contribution in [2.24, 2.45) is 5.73 Å². The van der Waals surface area contributed by atoms with Crippen LogP contribution in [0.2, 0.25) is 0 Å². The Hall–Kier alpha value is -3.33. The van der Waals surface area contributed by atoms with Gasteiger partial charge in [-0.2, -0.15) is 0 Å². The van der Waals surface area contributed by atoms with E-state index in [0.29, 0.717) is 11.3 Å². The van der Waals surface area contributed by atoms with Crippen molar-refractivity contribution in [2.45, 2.75) is 13.5 Å². The van der Waals surface area contributed by atoms with Gasteiger partial charge in [0.25, 0.3) is 5.91 Å². The first-order chi connectivity index (χ1) is 13.9. The SMILES string of the molecule is CCn1c(=O)n(-c2ccc(F)cc2)c2nc(-c3ccc(Br)cc3)nc(C(N)=O)c21. The van der Waals surface area contributed by atoms with Gasteiger partial charge in [-0.25, -0.2) is 23.7 Å². The summed E-state index contributed by atoms with van der Waals surface area (Å²) in [4.78, 5) is 34.1. The Morgan fingerprint density at radius 1 is 1.10 bits per heavy atom. The van der Waals surface area contributed by atoms with E-state index < -0.39 is 17.4 Å². The number of rotatable bonds is 4. The number of nitrogens with two attached hydrogens (primary N) is 1. The van der Waals surface area contributed by atoms with E-state index in [1.165, 1.54) is 33.4 Å². The summed E-state index contributed by atoms with van der Waals surface area (Å²) in [6.07, 6.45) is 0. The zero-order chi connectivity index (χ0) is 20.7. The number of aryl methyl sites for hydroxylation is 1. The maximum atomic E-state index is 13.4. The number of carbonyl (C=O) groups is 1. The first kappa shape index (κ1) is 19.0. The lowest BCUT2D eigenvalue weighted by molar-refractivity contribution is 0.0997. The van der Waals surface area contributed by atoms with Gasteiger partial charge in [0.05, 0.1) is 5.69 Å². The van der Waals surface area contributed by atoms with E-state index in [9.17, 15) is 14.0 Å². The van der Waals surface area contributed by atoms with Crippen molar-refractivity contribution in [3.63, 3.8) is 0 Å². The van der Waals surface area contributed by atoms with Crippen LogP contribution in [0.1, 0.15) is 17.4 Å². The van der Waals surface area contributed by atoms with E-state index in [-0.39, 0.29) is 29.2 Å². The second kappa shape index (κ2) is 7.25. The largest absolute Gasteiger partial charge is 0.364 e. The Labute approximate surface area is 172 Å². The summed E-state index contributed by atoms with van der Waals surface area (Å²) in [5.41, 5.74) is 6.66. The molecule has 4 rings (SSSR count). The Morgan fingerprint density at radius 3 is 2.34 bits per heavy atom. The van der Waals surface area contributed by atoms with Gasteiger partial charge in [0.2, 0.25) is 0 Å². The Morgan fingerprint density at radius 2 is 1.76 bits per heavy atom. The molecular weight excluding hydrogens is 441 g/mol. The van der Waals surface area contributed by atoms with Crippen molar-refractivity contribution in [3.8, 4) is 17.1 Å². The lowest BCUT2D eigenvalue weighted by atomic mass is 10.2. The quantitative estimate of drug-likeness (QED) is 0.510. The number of primary amides is 1. The summed E-state index contributed by atoms with van der Waals surface area (Å²) >= 11 is 3.37. The maximum Gasteiger partial charge on any atom is 0.335 e.